The normalized spacial score (nSPS) is 13.0. The molecule has 0 saturated carbocycles. The molecule has 10 aromatic rings. The molecular weight excluding hydrogens is 865 g/mol. The minimum absolute atomic E-state index is 0.0130. The molecule has 2 aromatic heterocycles. The summed E-state index contributed by atoms with van der Waals surface area (Å²) in [6.07, 6.45) is 2.08. The van der Waals surface area contributed by atoms with Gasteiger partial charge in [-0.1, -0.05) is 190 Å². The zero-order valence-electron chi connectivity index (χ0n) is 42.5. The Morgan fingerprint density at radius 3 is 1.63 bits per heavy atom. The number of fused-ring (bicyclic) bond motifs is 4. The summed E-state index contributed by atoms with van der Waals surface area (Å²) in [4.78, 5) is 10.2. The van der Waals surface area contributed by atoms with Crippen molar-refractivity contribution in [2.45, 2.75) is 78.6 Å². The first-order chi connectivity index (χ1) is 34.1. The van der Waals surface area contributed by atoms with E-state index in [1.807, 2.05) is 0 Å². The Labute approximate surface area is 419 Å². The van der Waals surface area contributed by atoms with E-state index in [2.05, 4.69) is 277 Å². The number of hydrogen-bond donors (Lipinski definition) is 0. The maximum atomic E-state index is 6.92. The van der Waals surface area contributed by atoms with Gasteiger partial charge in [0.25, 0.3) is 0 Å². The van der Waals surface area contributed by atoms with E-state index < -0.39 is 0 Å². The molecule has 5 nitrogen and oxygen atoms in total. The molecule has 0 unspecified atom stereocenters. The molecule has 8 aromatic carbocycles. The van der Waals surface area contributed by atoms with Crippen LogP contribution >= 0.6 is 0 Å². The van der Waals surface area contributed by atoms with Crippen molar-refractivity contribution in [3.05, 3.63) is 217 Å². The molecule has 0 fully saturated rings. The highest BCUT2D eigenvalue weighted by Crippen LogP contribution is 2.50. The first-order valence-electron chi connectivity index (χ1n) is 25.0. The van der Waals surface area contributed by atoms with Gasteiger partial charge in [-0.25, -0.2) is 4.98 Å². The Hall–Kier alpha value is -7.89. The van der Waals surface area contributed by atoms with Crippen LogP contribution < -0.4 is 14.5 Å². The molecule has 0 radical (unpaired) electrons. The Morgan fingerprint density at radius 1 is 0.423 bits per heavy atom. The van der Waals surface area contributed by atoms with Crippen molar-refractivity contribution in [3.63, 3.8) is 0 Å². The molecular formula is C66H62N4O. The number of rotatable bonds is 8. The number of ether oxygens (including phenoxy) is 1. The van der Waals surface area contributed by atoms with Crippen LogP contribution in [0, 0.1) is 0 Å². The van der Waals surface area contributed by atoms with Crippen molar-refractivity contribution in [2.75, 3.05) is 16.5 Å². The highest BCUT2D eigenvalue weighted by atomic mass is 16.5. The number of benzene rings is 8. The fourth-order valence-corrected chi connectivity index (χ4v) is 10.4. The van der Waals surface area contributed by atoms with E-state index in [-0.39, 0.29) is 16.2 Å². The summed E-state index contributed by atoms with van der Waals surface area (Å²) in [5.41, 5.74) is 17.5. The number of pyridine rings is 1. The molecule has 0 bridgehead atoms. The zero-order chi connectivity index (χ0) is 49.2. The number of nitrogens with zero attached hydrogens (tertiary/aromatic N) is 4. The minimum Gasteiger partial charge on any atom is -0.457 e. The summed E-state index contributed by atoms with van der Waals surface area (Å²) in [6.45, 7) is 21.1. The molecule has 71 heavy (non-hydrogen) atoms. The van der Waals surface area contributed by atoms with E-state index in [1.54, 1.807) is 0 Å². The molecule has 0 spiro atoms. The van der Waals surface area contributed by atoms with Crippen LogP contribution in [-0.2, 0) is 16.2 Å². The lowest BCUT2D eigenvalue weighted by atomic mass is 9.81. The van der Waals surface area contributed by atoms with Crippen LogP contribution in [0.2, 0.25) is 0 Å². The van der Waals surface area contributed by atoms with Gasteiger partial charge in [-0.2, -0.15) is 0 Å². The molecule has 3 heterocycles. The van der Waals surface area contributed by atoms with Crippen molar-refractivity contribution in [3.8, 4) is 50.7 Å². The van der Waals surface area contributed by atoms with E-state index in [1.165, 1.54) is 55.6 Å². The zero-order valence-corrected chi connectivity index (χ0v) is 42.5. The summed E-state index contributed by atoms with van der Waals surface area (Å²) in [7, 11) is 0. The first kappa shape index (κ1) is 45.5. The number of hydrogen-bond acceptors (Lipinski definition) is 4. The van der Waals surface area contributed by atoms with Crippen molar-refractivity contribution in [2.24, 2.45) is 0 Å². The van der Waals surface area contributed by atoms with Crippen molar-refractivity contribution < 1.29 is 4.74 Å². The molecule has 1 aliphatic rings. The van der Waals surface area contributed by atoms with Crippen LogP contribution in [0.5, 0.6) is 11.5 Å². The quantitative estimate of drug-likeness (QED) is 0.152. The number of anilines is 4. The van der Waals surface area contributed by atoms with Crippen molar-refractivity contribution >= 4 is 44.6 Å². The van der Waals surface area contributed by atoms with Gasteiger partial charge >= 0.3 is 0 Å². The third-order valence-electron chi connectivity index (χ3n) is 14.2. The Bertz CT molecular complexity index is 3530. The Kier molecular flexibility index (Phi) is 11.2. The first-order valence-corrected chi connectivity index (χ1v) is 25.0. The predicted molar refractivity (Wildman–Crippen MR) is 300 cm³/mol. The smallest absolute Gasteiger partial charge is 0.137 e. The van der Waals surface area contributed by atoms with Crippen LogP contribution in [-0.4, -0.2) is 16.2 Å². The Balaban J connectivity index is 0.986. The SMILES string of the molecule is CC(C)(C)c1ccc(-c2cnc(-n3c4ccc(C(C)(C)C)cc4c4ccc(Oc5cccc(N6CN(c7c(-c8ccccc8)cccc7-c7ccccc7)c7ccccc76)c5)cc43)cc2C(C)(C)C)cc1. The standard InChI is InChI=1S/C66H62N4O/c1-64(2,3)47-32-30-46(31-33-47)56-42-67-62(41-57(56)66(7,8)9)70-58-37-34-48(65(4,5)6)38-55(58)54-36-35-51(40-61(54)70)71-50-25-18-24-49(39-50)68-43-69(60-29-17-16-28-59(60)68)63-52(44-20-12-10-13-21-44)26-19-27-53(63)45-22-14-11-15-23-45/h10-42H,43H2,1-9H3. The largest absolute Gasteiger partial charge is 0.457 e. The average molecular weight is 927 g/mol. The molecule has 1 aliphatic heterocycles. The van der Waals surface area contributed by atoms with E-state index >= 15 is 0 Å². The van der Waals surface area contributed by atoms with Crippen molar-refractivity contribution in [1.82, 2.24) is 9.55 Å². The van der Waals surface area contributed by atoms with Crippen LogP contribution in [0.1, 0.15) is 79.0 Å². The second kappa shape index (κ2) is 17.5. The van der Waals surface area contributed by atoms with E-state index in [4.69, 9.17) is 9.72 Å². The van der Waals surface area contributed by atoms with Gasteiger partial charge < -0.3 is 14.5 Å². The van der Waals surface area contributed by atoms with Gasteiger partial charge in [0.2, 0.25) is 0 Å². The average Bonchev–Trinajstić information content (AvgIpc) is 3.91. The third-order valence-corrected chi connectivity index (χ3v) is 14.2. The fourth-order valence-electron chi connectivity index (χ4n) is 10.4. The highest BCUT2D eigenvalue weighted by molar-refractivity contribution is 6.10. The third kappa shape index (κ3) is 8.54. The lowest BCUT2D eigenvalue weighted by Gasteiger charge is -2.27. The summed E-state index contributed by atoms with van der Waals surface area (Å²) in [5.74, 6) is 2.41. The summed E-state index contributed by atoms with van der Waals surface area (Å²) < 4.78 is 9.25. The molecule has 0 saturated heterocycles. The molecule has 0 amide bonds. The van der Waals surface area contributed by atoms with Crippen LogP contribution in [0.4, 0.5) is 22.7 Å². The molecule has 0 atom stereocenters. The van der Waals surface area contributed by atoms with Gasteiger partial charge in [-0.05, 0) is 104 Å². The van der Waals surface area contributed by atoms with Crippen LogP contribution in [0.25, 0.3) is 61.0 Å². The molecule has 11 rings (SSSR count). The van der Waals surface area contributed by atoms with Gasteiger partial charge in [0.15, 0.2) is 0 Å². The van der Waals surface area contributed by atoms with Gasteiger partial charge in [-0.15, -0.1) is 0 Å². The molecule has 5 heteroatoms. The number of aromatic nitrogens is 2. The van der Waals surface area contributed by atoms with Crippen molar-refractivity contribution in [1.29, 1.82) is 0 Å². The maximum absolute atomic E-state index is 6.92. The second-order valence-electron chi connectivity index (χ2n) is 22.2. The fraction of sp³-hybridized carbons (Fsp3) is 0.197. The van der Waals surface area contributed by atoms with Gasteiger partial charge in [-0.3, -0.25) is 4.57 Å². The topological polar surface area (TPSA) is 33.5 Å². The van der Waals surface area contributed by atoms with E-state index in [0.717, 1.165) is 56.4 Å². The Morgan fingerprint density at radius 2 is 1.00 bits per heavy atom. The number of para-hydroxylation sites is 3. The van der Waals surface area contributed by atoms with Crippen LogP contribution in [0.3, 0.4) is 0 Å². The maximum Gasteiger partial charge on any atom is 0.137 e. The highest BCUT2D eigenvalue weighted by Gasteiger charge is 2.32. The monoisotopic (exact) mass is 926 g/mol. The molecule has 0 aliphatic carbocycles. The van der Waals surface area contributed by atoms with Gasteiger partial charge in [0.1, 0.15) is 24.0 Å². The summed E-state index contributed by atoms with van der Waals surface area (Å²) >= 11 is 0. The lowest BCUT2D eigenvalue weighted by molar-refractivity contribution is 0.483. The van der Waals surface area contributed by atoms with Gasteiger partial charge in [0, 0.05) is 51.5 Å². The second-order valence-corrected chi connectivity index (χ2v) is 22.2. The van der Waals surface area contributed by atoms with E-state index in [9.17, 15) is 0 Å². The summed E-state index contributed by atoms with van der Waals surface area (Å²) in [6, 6.07) is 70.2. The molecule has 0 N–H and O–H groups in total. The molecule has 352 valence electrons. The minimum atomic E-state index is -0.143. The summed E-state index contributed by atoms with van der Waals surface area (Å²) in [5, 5.41) is 2.36. The van der Waals surface area contributed by atoms with Gasteiger partial charge in [0.05, 0.1) is 28.1 Å². The lowest BCUT2D eigenvalue weighted by Crippen LogP contribution is -2.24. The predicted octanol–water partition coefficient (Wildman–Crippen LogP) is 18.1. The van der Waals surface area contributed by atoms with Crippen LogP contribution in [0.15, 0.2) is 200 Å². The van der Waals surface area contributed by atoms with E-state index in [0.29, 0.717) is 6.67 Å².